The normalized spacial score (nSPS) is 10.9. The van der Waals surface area contributed by atoms with E-state index in [1.165, 1.54) is 11.1 Å². The molecule has 24 heavy (non-hydrogen) atoms. The third-order valence-corrected chi connectivity index (χ3v) is 4.07. The van der Waals surface area contributed by atoms with Crippen molar-refractivity contribution in [3.8, 4) is 11.3 Å². The van der Waals surface area contributed by atoms with Crippen molar-refractivity contribution < 1.29 is 0 Å². The Hall–Kier alpha value is -3.21. The van der Waals surface area contributed by atoms with E-state index >= 15 is 0 Å². The van der Waals surface area contributed by atoms with Crippen LogP contribution in [-0.2, 0) is 0 Å². The smallest absolute Gasteiger partial charge is 0.181 e. The first-order valence-electron chi connectivity index (χ1n) is 7.80. The average Bonchev–Trinajstić information content (AvgIpc) is 3.07. The predicted molar refractivity (Wildman–Crippen MR) is 96.3 cm³/mol. The van der Waals surface area contributed by atoms with Crippen LogP contribution in [0.3, 0.4) is 0 Å². The molecule has 0 atom stereocenters. The number of aryl methyl sites for hydroxylation is 2. The first-order chi connectivity index (χ1) is 11.7. The molecule has 2 N–H and O–H groups in total. The van der Waals surface area contributed by atoms with Gasteiger partial charge in [-0.2, -0.15) is 0 Å². The van der Waals surface area contributed by atoms with Crippen molar-refractivity contribution in [1.29, 1.82) is 0 Å². The van der Waals surface area contributed by atoms with Crippen molar-refractivity contribution in [2.24, 2.45) is 0 Å². The third-order valence-electron chi connectivity index (χ3n) is 4.07. The molecule has 118 valence electrons. The minimum absolute atomic E-state index is 0.668. The van der Waals surface area contributed by atoms with Gasteiger partial charge in [-0.1, -0.05) is 30.3 Å². The van der Waals surface area contributed by atoms with Gasteiger partial charge < -0.3 is 10.3 Å². The van der Waals surface area contributed by atoms with Crippen LogP contribution >= 0.6 is 0 Å². The summed E-state index contributed by atoms with van der Waals surface area (Å²) in [5, 5.41) is 3.54. The molecule has 2 aromatic heterocycles. The molecule has 0 aliphatic heterocycles. The SMILES string of the molecule is Cc1ccc(C)c(Nc2ccccc2-c2ncnc3nc[nH]c23)c1. The third kappa shape index (κ3) is 2.50. The molecule has 0 fully saturated rings. The van der Waals surface area contributed by atoms with Gasteiger partial charge in [0.1, 0.15) is 17.5 Å². The molecule has 4 aromatic rings. The van der Waals surface area contributed by atoms with E-state index in [1.807, 2.05) is 12.1 Å². The van der Waals surface area contributed by atoms with E-state index in [0.717, 1.165) is 28.1 Å². The first kappa shape index (κ1) is 14.4. The maximum absolute atomic E-state index is 4.47. The first-order valence-corrected chi connectivity index (χ1v) is 7.80. The number of H-pyrrole nitrogens is 1. The fourth-order valence-electron chi connectivity index (χ4n) is 2.78. The van der Waals surface area contributed by atoms with Crippen LogP contribution in [0.15, 0.2) is 55.1 Å². The van der Waals surface area contributed by atoms with Gasteiger partial charge in [-0.25, -0.2) is 15.0 Å². The Morgan fingerprint density at radius 1 is 0.917 bits per heavy atom. The summed E-state index contributed by atoms with van der Waals surface area (Å²) in [5.41, 5.74) is 7.87. The van der Waals surface area contributed by atoms with Gasteiger partial charge in [0, 0.05) is 16.9 Å². The van der Waals surface area contributed by atoms with Crippen molar-refractivity contribution in [3.05, 3.63) is 66.2 Å². The highest BCUT2D eigenvalue weighted by Gasteiger charge is 2.12. The van der Waals surface area contributed by atoms with Crippen LogP contribution < -0.4 is 5.32 Å². The summed E-state index contributed by atoms with van der Waals surface area (Å²) in [4.78, 5) is 16.0. The molecule has 2 heterocycles. The van der Waals surface area contributed by atoms with Crippen LogP contribution in [0.2, 0.25) is 0 Å². The predicted octanol–water partition coefficient (Wildman–Crippen LogP) is 4.38. The zero-order valence-corrected chi connectivity index (χ0v) is 13.5. The summed E-state index contributed by atoms with van der Waals surface area (Å²) < 4.78 is 0. The number of benzene rings is 2. The minimum Gasteiger partial charge on any atom is -0.355 e. The quantitative estimate of drug-likeness (QED) is 0.589. The van der Waals surface area contributed by atoms with Gasteiger partial charge in [-0.05, 0) is 37.1 Å². The molecule has 4 rings (SSSR count). The molecule has 0 spiro atoms. The van der Waals surface area contributed by atoms with E-state index in [4.69, 9.17) is 0 Å². The molecule has 0 unspecified atom stereocenters. The number of aromatic amines is 1. The second kappa shape index (κ2) is 5.77. The summed E-state index contributed by atoms with van der Waals surface area (Å²) in [7, 11) is 0. The van der Waals surface area contributed by atoms with Gasteiger partial charge in [-0.3, -0.25) is 0 Å². The summed E-state index contributed by atoms with van der Waals surface area (Å²) in [6.07, 6.45) is 3.19. The molecule has 5 nitrogen and oxygen atoms in total. The van der Waals surface area contributed by atoms with E-state index in [2.05, 4.69) is 69.4 Å². The van der Waals surface area contributed by atoms with Crippen molar-refractivity contribution in [1.82, 2.24) is 19.9 Å². The molecule has 0 aliphatic carbocycles. The Balaban J connectivity index is 1.84. The molecular weight excluding hydrogens is 298 g/mol. The van der Waals surface area contributed by atoms with E-state index in [0.29, 0.717) is 5.65 Å². The molecule has 0 aliphatic rings. The highest BCUT2D eigenvalue weighted by molar-refractivity contribution is 5.92. The Labute approximate surface area is 139 Å². The molecule has 0 radical (unpaired) electrons. The Morgan fingerprint density at radius 3 is 2.71 bits per heavy atom. The standard InChI is InChI=1S/C19H17N5/c1-12-7-8-13(2)16(9-12)24-15-6-4-3-5-14(15)17-18-19(22-10-20-17)23-11-21-18/h3-11,24H,1-2H3,(H,20,21,22,23). The Bertz CT molecular complexity index is 1020. The lowest BCUT2D eigenvalue weighted by atomic mass is 10.1. The van der Waals surface area contributed by atoms with Crippen molar-refractivity contribution in [2.45, 2.75) is 13.8 Å². The number of hydrogen-bond donors (Lipinski definition) is 2. The van der Waals surface area contributed by atoms with Crippen LogP contribution in [0.5, 0.6) is 0 Å². The second-order valence-electron chi connectivity index (χ2n) is 5.81. The highest BCUT2D eigenvalue weighted by Crippen LogP contribution is 2.32. The van der Waals surface area contributed by atoms with E-state index in [1.54, 1.807) is 12.7 Å². The van der Waals surface area contributed by atoms with E-state index < -0.39 is 0 Å². The number of anilines is 2. The topological polar surface area (TPSA) is 66.5 Å². The second-order valence-corrected chi connectivity index (χ2v) is 5.81. The fraction of sp³-hybridized carbons (Fsp3) is 0.105. The molecule has 0 bridgehead atoms. The number of imidazole rings is 1. The van der Waals surface area contributed by atoms with Crippen LogP contribution in [0.1, 0.15) is 11.1 Å². The van der Waals surface area contributed by atoms with Crippen LogP contribution in [0.4, 0.5) is 11.4 Å². The maximum Gasteiger partial charge on any atom is 0.181 e. The summed E-state index contributed by atoms with van der Waals surface area (Å²) in [5.74, 6) is 0. The van der Waals surface area contributed by atoms with Crippen LogP contribution in [-0.4, -0.2) is 19.9 Å². The lowest BCUT2D eigenvalue weighted by molar-refractivity contribution is 1.20. The Morgan fingerprint density at radius 2 is 1.79 bits per heavy atom. The van der Waals surface area contributed by atoms with Crippen LogP contribution in [0, 0.1) is 13.8 Å². The monoisotopic (exact) mass is 315 g/mol. The lowest BCUT2D eigenvalue weighted by Gasteiger charge is -2.14. The van der Waals surface area contributed by atoms with Gasteiger partial charge >= 0.3 is 0 Å². The van der Waals surface area contributed by atoms with Gasteiger partial charge in [-0.15, -0.1) is 0 Å². The highest BCUT2D eigenvalue weighted by atomic mass is 15.0. The molecular formula is C19H17N5. The van der Waals surface area contributed by atoms with E-state index in [-0.39, 0.29) is 0 Å². The number of nitrogens with zero attached hydrogens (tertiary/aromatic N) is 3. The van der Waals surface area contributed by atoms with Gasteiger partial charge in [0.25, 0.3) is 0 Å². The molecule has 0 saturated heterocycles. The zero-order valence-electron chi connectivity index (χ0n) is 13.5. The summed E-state index contributed by atoms with van der Waals surface area (Å²) in [6.45, 7) is 4.19. The van der Waals surface area contributed by atoms with Gasteiger partial charge in [0.2, 0.25) is 0 Å². The molecule has 0 amide bonds. The average molecular weight is 315 g/mol. The van der Waals surface area contributed by atoms with Gasteiger partial charge in [0.05, 0.1) is 6.33 Å². The molecule has 5 heteroatoms. The molecule has 2 aromatic carbocycles. The van der Waals surface area contributed by atoms with Crippen molar-refractivity contribution in [2.75, 3.05) is 5.32 Å². The van der Waals surface area contributed by atoms with Crippen LogP contribution in [0.25, 0.3) is 22.4 Å². The van der Waals surface area contributed by atoms with Crippen molar-refractivity contribution in [3.63, 3.8) is 0 Å². The lowest BCUT2D eigenvalue weighted by Crippen LogP contribution is -1.97. The minimum atomic E-state index is 0.668. The number of aromatic nitrogens is 4. The van der Waals surface area contributed by atoms with E-state index in [9.17, 15) is 0 Å². The molecule has 0 saturated carbocycles. The summed E-state index contributed by atoms with van der Waals surface area (Å²) in [6, 6.07) is 14.5. The number of hydrogen-bond acceptors (Lipinski definition) is 4. The largest absolute Gasteiger partial charge is 0.355 e. The Kier molecular flexibility index (Phi) is 3.46. The number of rotatable bonds is 3. The summed E-state index contributed by atoms with van der Waals surface area (Å²) >= 11 is 0. The van der Waals surface area contributed by atoms with Crippen molar-refractivity contribution >= 4 is 22.5 Å². The van der Waals surface area contributed by atoms with Gasteiger partial charge in [0.15, 0.2) is 5.65 Å². The fourth-order valence-corrected chi connectivity index (χ4v) is 2.78. The zero-order chi connectivity index (χ0) is 16.5. The number of para-hydroxylation sites is 1. The number of fused-ring (bicyclic) bond motifs is 1. The maximum atomic E-state index is 4.47. The number of nitrogens with one attached hydrogen (secondary N) is 2.